The maximum absolute atomic E-state index is 3.18. The van der Waals surface area contributed by atoms with E-state index in [0.717, 1.165) is 6.42 Å². The minimum Gasteiger partial charge on any atom is -0.328 e. The van der Waals surface area contributed by atoms with Crippen molar-refractivity contribution in [2.75, 3.05) is 0 Å². The van der Waals surface area contributed by atoms with Crippen molar-refractivity contribution in [3.8, 4) is 0 Å². The van der Waals surface area contributed by atoms with E-state index >= 15 is 0 Å². The Kier molecular flexibility index (Phi) is 3.01. The van der Waals surface area contributed by atoms with E-state index in [1.807, 2.05) is 6.20 Å². The Morgan fingerprint density at radius 2 is 1.81 bits per heavy atom. The summed E-state index contributed by atoms with van der Waals surface area (Å²) in [5.74, 6) is 0. The molecule has 1 heterocycles. The van der Waals surface area contributed by atoms with Crippen LogP contribution in [-0.4, -0.2) is 0 Å². The van der Waals surface area contributed by atoms with Crippen LogP contribution in [0.5, 0.6) is 0 Å². The highest BCUT2D eigenvalue weighted by Gasteiger charge is 2.13. The SMILES string of the molecule is CC(C)(C)Cc1ccc(C2C=CNN2)cc1. The van der Waals surface area contributed by atoms with Gasteiger partial charge in [-0.2, -0.15) is 0 Å². The quantitative estimate of drug-likeness (QED) is 0.794. The number of hydrogen-bond donors (Lipinski definition) is 2. The first kappa shape index (κ1) is 11.2. The van der Waals surface area contributed by atoms with Gasteiger partial charge in [0.25, 0.3) is 0 Å². The monoisotopic (exact) mass is 216 g/mol. The first-order valence-electron chi connectivity index (χ1n) is 5.81. The first-order chi connectivity index (χ1) is 7.54. The molecular weight excluding hydrogens is 196 g/mol. The number of benzene rings is 1. The van der Waals surface area contributed by atoms with Crippen molar-refractivity contribution in [1.82, 2.24) is 10.9 Å². The summed E-state index contributed by atoms with van der Waals surface area (Å²) in [4.78, 5) is 0. The van der Waals surface area contributed by atoms with Crippen molar-refractivity contribution in [2.24, 2.45) is 5.41 Å². The van der Waals surface area contributed by atoms with E-state index in [2.05, 4.69) is 62.0 Å². The van der Waals surface area contributed by atoms with E-state index in [0.29, 0.717) is 11.5 Å². The second kappa shape index (κ2) is 4.30. The molecule has 0 fully saturated rings. The van der Waals surface area contributed by atoms with Crippen molar-refractivity contribution in [3.63, 3.8) is 0 Å². The third-order valence-corrected chi connectivity index (χ3v) is 2.68. The zero-order valence-electron chi connectivity index (χ0n) is 10.2. The zero-order valence-corrected chi connectivity index (χ0v) is 10.2. The molecule has 1 aromatic carbocycles. The molecule has 1 atom stereocenters. The minimum absolute atomic E-state index is 0.309. The Morgan fingerprint density at radius 3 is 2.31 bits per heavy atom. The average Bonchev–Trinajstić information content (AvgIpc) is 2.69. The summed E-state index contributed by atoms with van der Waals surface area (Å²) in [5, 5.41) is 0. The Bertz CT molecular complexity index is 371. The first-order valence-corrected chi connectivity index (χ1v) is 5.81. The Balaban J connectivity index is 2.07. The summed E-state index contributed by atoms with van der Waals surface area (Å²) in [6, 6.07) is 9.18. The lowest BCUT2D eigenvalue weighted by molar-refractivity contribution is 0.411. The molecular formula is C14H20N2. The highest BCUT2D eigenvalue weighted by Crippen LogP contribution is 2.22. The van der Waals surface area contributed by atoms with Gasteiger partial charge in [0.05, 0.1) is 6.04 Å². The second-order valence-corrected chi connectivity index (χ2v) is 5.60. The van der Waals surface area contributed by atoms with Crippen molar-refractivity contribution in [2.45, 2.75) is 33.2 Å². The van der Waals surface area contributed by atoms with Crippen LogP contribution in [0.3, 0.4) is 0 Å². The molecule has 1 aliphatic rings. The normalized spacial score (nSPS) is 19.8. The molecule has 2 nitrogen and oxygen atoms in total. The highest BCUT2D eigenvalue weighted by molar-refractivity contribution is 5.28. The summed E-state index contributed by atoms with van der Waals surface area (Å²) < 4.78 is 0. The van der Waals surface area contributed by atoms with Gasteiger partial charge >= 0.3 is 0 Å². The van der Waals surface area contributed by atoms with Gasteiger partial charge in [0.15, 0.2) is 0 Å². The number of nitrogens with one attached hydrogen (secondary N) is 2. The predicted molar refractivity (Wildman–Crippen MR) is 67.8 cm³/mol. The molecule has 1 aromatic rings. The largest absolute Gasteiger partial charge is 0.328 e. The maximum Gasteiger partial charge on any atom is 0.0707 e. The molecule has 0 aromatic heterocycles. The predicted octanol–water partition coefficient (Wildman–Crippen LogP) is 2.94. The Morgan fingerprint density at radius 1 is 1.12 bits per heavy atom. The van der Waals surface area contributed by atoms with Gasteiger partial charge in [-0.3, -0.25) is 0 Å². The van der Waals surface area contributed by atoms with Crippen molar-refractivity contribution in [3.05, 3.63) is 47.7 Å². The van der Waals surface area contributed by atoms with Gasteiger partial charge in [-0.25, -0.2) is 5.43 Å². The fourth-order valence-electron chi connectivity index (χ4n) is 1.98. The summed E-state index contributed by atoms with van der Waals surface area (Å²) in [6.07, 6.45) is 5.19. The Hall–Kier alpha value is -1.28. The van der Waals surface area contributed by atoms with Gasteiger partial charge in [-0.1, -0.05) is 45.0 Å². The molecule has 0 bridgehead atoms. The minimum atomic E-state index is 0.309. The van der Waals surface area contributed by atoms with Crippen LogP contribution in [0, 0.1) is 5.41 Å². The zero-order chi connectivity index (χ0) is 11.6. The van der Waals surface area contributed by atoms with Crippen molar-refractivity contribution >= 4 is 0 Å². The molecule has 0 saturated carbocycles. The van der Waals surface area contributed by atoms with Crippen LogP contribution in [0.4, 0.5) is 0 Å². The topological polar surface area (TPSA) is 24.1 Å². The van der Waals surface area contributed by atoms with Crippen LogP contribution < -0.4 is 10.9 Å². The van der Waals surface area contributed by atoms with Crippen LogP contribution in [0.15, 0.2) is 36.5 Å². The number of rotatable bonds is 2. The molecule has 1 aliphatic heterocycles. The molecule has 0 amide bonds. The van der Waals surface area contributed by atoms with Crippen LogP contribution in [0.1, 0.15) is 37.9 Å². The summed E-state index contributed by atoms with van der Waals surface area (Å²) in [5.41, 5.74) is 9.24. The highest BCUT2D eigenvalue weighted by atomic mass is 15.4. The van der Waals surface area contributed by atoms with Gasteiger partial charge in [0, 0.05) is 6.20 Å². The van der Waals surface area contributed by atoms with Gasteiger partial charge in [-0.05, 0) is 29.0 Å². The number of hydrogen-bond acceptors (Lipinski definition) is 2. The molecule has 86 valence electrons. The molecule has 2 rings (SSSR count). The van der Waals surface area contributed by atoms with E-state index in [-0.39, 0.29) is 0 Å². The van der Waals surface area contributed by atoms with Crippen molar-refractivity contribution < 1.29 is 0 Å². The molecule has 0 aliphatic carbocycles. The van der Waals surface area contributed by atoms with Crippen LogP contribution in [0.2, 0.25) is 0 Å². The number of hydrazine groups is 1. The lowest BCUT2D eigenvalue weighted by atomic mass is 9.88. The van der Waals surface area contributed by atoms with E-state index in [9.17, 15) is 0 Å². The lowest BCUT2D eigenvalue weighted by Gasteiger charge is -2.18. The molecule has 2 heteroatoms. The molecule has 0 spiro atoms. The molecule has 0 radical (unpaired) electrons. The van der Waals surface area contributed by atoms with Gasteiger partial charge in [0.1, 0.15) is 0 Å². The van der Waals surface area contributed by atoms with Crippen molar-refractivity contribution in [1.29, 1.82) is 0 Å². The lowest BCUT2D eigenvalue weighted by Crippen LogP contribution is -2.24. The average molecular weight is 216 g/mol. The summed E-state index contributed by atoms with van der Waals surface area (Å²) >= 11 is 0. The van der Waals surface area contributed by atoms with E-state index < -0.39 is 0 Å². The smallest absolute Gasteiger partial charge is 0.0707 e. The molecule has 0 saturated heterocycles. The summed E-state index contributed by atoms with van der Waals surface area (Å²) in [6.45, 7) is 6.81. The van der Waals surface area contributed by atoms with E-state index in [1.165, 1.54) is 11.1 Å². The van der Waals surface area contributed by atoms with Crippen LogP contribution in [0.25, 0.3) is 0 Å². The van der Waals surface area contributed by atoms with E-state index in [1.54, 1.807) is 0 Å². The second-order valence-electron chi connectivity index (χ2n) is 5.60. The maximum atomic E-state index is 3.18. The third kappa shape index (κ3) is 2.86. The third-order valence-electron chi connectivity index (χ3n) is 2.68. The van der Waals surface area contributed by atoms with E-state index in [4.69, 9.17) is 0 Å². The molecule has 1 unspecified atom stereocenters. The summed E-state index contributed by atoms with van der Waals surface area (Å²) in [7, 11) is 0. The standard InChI is InChI=1S/C14H20N2/c1-14(2,3)10-11-4-6-12(7-5-11)13-8-9-15-16-13/h4-9,13,15-16H,10H2,1-3H3. The fourth-order valence-corrected chi connectivity index (χ4v) is 1.98. The van der Waals surface area contributed by atoms with Crippen LogP contribution >= 0.6 is 0 Å². The van der Waals surface area contributed by atoms with Gasteiger partial charge < -0.3 is 5.43 Å². The molecule has 2 N–H and O–H groups in total. The Labute approximate surface area is 97.7 Å². The fraction of sp³-hybridized carbons (Fsp3) is 0.429. The van der Waals surface area contributed by atoms with Crippen LogP contribution in [-0.2, 0) is 6.42 Å². The molecule has 16 heavy (non-hydrogen) atoms. The van der Waals surface area contributed by atoms with Gasteiger partial charge in [-0.15, -0.1) is 0 Å². The van der Waals surface area contributed by atoms with Gasteiger partial charge in [0.2, 0.25) is 0 Å².